The van der Waals surface area contributed by atoms with Crippen LogP contribution in [0.2, 0.25) is 0 Å². The van der Waals surface area contributed by atoms with E-state index in [4.69, 9.17) is 4.42 Å². The summed E-state index contributed by atoms with van der Waals surface area (Å²) >= 11 is 3.85. The lowest BCUT2D eigenvalue weighted by molar-refractivity contribution is -0.116. The first-order valence-electron chi connectivity index (χ1n) is 7.24. The number of furan rings is 1. The van der Waals surface area contributed by atoms with Crippen molar-refractivity contribution in [2.24, 2.45) is 0 Å². The van der Waals surface area contributed by atoms with Gasteiger partial charge in [-0.25, -0.2) is 0 Å². The van der Waals surface area contributed by atoms with E-state index < -0.39 is 5.92 Å². The van der Waals surface area contributed by atoms with E-state index in [-0.39, 0.29) is 11.7 Å². The molecule has 5 nitrogen and oxygen atoms in total. The van der Waals surface area contributed by atoms with Gasteiger partial charge in [0, 0.05) is 29.0 Å². The molecule has 2 aliphatic rings. The summed E-state index contributed by atoms with van der Waals surface area (Å²) in [6.45, 7) is 1.87. The molecule has 1 atom stereocenters. The van der Waals surface area contributed by atoms with Gasteiger partial charge in [-0.3, -0.25) is 9.59 Å². The number of amides is 1. The third kappa shape index (κ3) is 2.58. The lowest BCUT2D eigenvalue weighted by Crippen LogP contribution is -2.37. The Morgan fingerprint density at radius 1 is 1.45 bits per heavy atom. The van der Waals surface area contributed by atoms with Crippen molar-refractivity contribution < 1.29 is 14.0 Å². The molecule has 0 bridgehead atoms. The van der Waals surface area contributed by atoms with E-state index in [9.17, 15) is 9.59 Å². The minimum atomic E-state index is -0.427. The number of carbonyl (C=O) groups excluding carboxylic acids is 2. The van der Waals surface area contributed by atoms with Crippen LogP contribution in [0.15, 0.2) is 43.8 Å². The van der Waals surface area contributed by atoms with Gasteiger partial charge in [0.25, 0.3) is 0 Å². The lowest BCUT2D eigenvalue weighted by Gasteiger charge is -2.33. The van der Waals surface area contributed by atoms with E-state index in [2.05, 4.69) is 25.5 Å². The zero-order chi connectivity index (χ0) is 15.9. The number of hydrogen-bond donors (Lipinski definition) is 2. The summed E-state index contributed by atoms with van der Waals surface area (Å²) < 4.78 is 9.08. The van der Waals surface area contributed by atoms with Crippen molar-refractivity contribution >= 4 is 44.1 Å². The third-order valence-electron chi connectivity index (χ3n) is 4.13. The second-order valence-electron chi connectivity index (χ2n) is 5.49. The van der Waals surface area contributed by atoms with Gasteiger partial charge in [-0.05, 0) is 47.8 Å². The first kappa shape index (κ1) is 15.6. The summed E-state index contributed by atoms with van der Waals surface area (Å²) in [4.78, 5) is 24.9. The number of rotatable bonds is 2. The highest BCUT2D eigenvalue weighted by Gasteiger charge is 2.39. The molecule has 22 heavy (non-hydrogen) atoms. The van der Waals surface area contributed by atoms with Crippen LogP contribution in [-0.4, -0.2) is 28.2 Å². The van der Waals surface area contributed by atoms with Gasteiger partial charge in [0.2, 0.25) is 5.91 Å². The molecule has 0 aromatic carbocycles. The molecule has 7 heteroatoms. The number of dihydropyridines is 1. The summed E-state index contributed by atoms with van der Waals surface area (Å²) in [5.74, 6) is 0.150. The first-order chi connectivity index (χ1) is 10.5. The van der Waals surface area contributed by atoms with Crippen LogP contribution in [0.4, 0.5) is 0 Å². The van der Waals surface area contributed by atoms with E-state index in [1.54, 1.807) is 6.07 Å². The van der Waals surface area contributed by atoms with Crippen molar-refractivity contribution in [3.8, 4) is 0 Å². The molecular weight excluding hydrogens is 363 g/mol. The molecule has 0 saturated heterocycles. The minimum Gasteiger partial charge on any atom is -0.453 e. The van der Waals surface area contributed by atoms with Crippen LogP contribution in [-0.2, 0) is 9.59 Å². The molecule has 0 saturated carbocycles. The van der Waals surface area contributed by atoms with Gasteiger partial charge in [-0.2, -0.15) is 0 Å². The SMILES string of the molecule is CC1=C(C(=O)[NH][AlH2])C(c2ccc(Br)o2)C2=C(CCCC2=O)N1. The van der Waals surface area contributed by atoms with Crippen molar-refractivity contribution in [1.29, 1.82) is 0 Å². The van der Waals surface area contributed by atoms with Gasteiger partial charge in [0.15, 0.2) is 10.5 Å². The molecule has 1 aliphatic heterocycles. The normalized spacial score (nSPS) is 21.5. The maximum absolute atomic E-state index is 12.5. The minimum absolute atomic E-state index is 0.0948. The van der Waals surface area contributed by atoms with Gasteiger partial charge in [0.05, 0.1) is 5.92 Å². The number of hydrogen-bond acceptors (Lipinski definition) is 4. The summed E-state index contributed by atoms with van der Waals surface area (Å²) in [5.41, 5.74) is 2.97. The van der Waals surface area contributed by atoms with E-state index in [0.717, 1.165) is 24.2 Å². The molecule has 0 fully saturated rings. The van der Waals surface area contributed by atoms with Crippen LogP contribution in [0.3, 0.4) is 0 Å². The van der Waals surface area contributed by atoms with Gasteiger partial charge in [-0.1, -0.05) is 0 Å². The van der Waals surface area contributed by atoms with Gasteiger partial charge in [0.1, 0.15) is 5.76 Å². The molecule has 1 unspecified atom stereocenters. The Labute approximate surface area is 145 Å². The van der Waals surface area contributed by atoms with E-state index >= 15 is 0 Å². The van der Waals surface area contributed by atoms with Crippen molar-refractivity contribution in [3.05, 3.63) is 45.1 Å². The second kappa shape index (κ2) is 6.07. The Morgan fingerprint density at radius 3 is 2.86 bits per heavy atom. The summed E-state index contributed by atoms with van der Waals surface area (Å²) in [5, 5.41) is 3.26. The first-order valence-corrected chi connectivity index (χ1v) is 9.03. The van der Waals surface area contributed by atoms with Crippen molar-refractivity contribution in [1.82, 2.24) is 9.62 Å². The van der Waals surface area contributed by atoms with E-state index in [1.807, 2.05) is 13.0 Å². The Morgan fingerprint density at radius 2 is 2.23 bits per heavy atom. The number of allylic oxidation sites excluding steroid dienone is 3. The molecule has 1 aromatic rings. The Kier molecular flexibility index (Phi) is 4.31. The van der Waals surface area contributed by atoms with Gasteiger partial charge < -0.3 is 14.0 Å². The van der Waals surface area contributed by atoms with Crippen LogP contribution in [0.5, 0.6) is 0 Å². The van der Waals surface area contributed by atoms with Gasteiger partial charge >= 0.3 is 16.5 Å². The Bertz CT molecular complexity index is 720. The fourth-order valence-corrected chi connectivity index (χ4v) is 3.78. The highest BCUT2D eigenvalue weighted by atomic mass is 79.9. The van der Waals surface area contributed by atoms with Crippen LogP contribution >= 0.6 is 15.9 Å². The fourth-order valence-electron chi connectivity index (χ4n) is 3.19. The quantitative estimate of drug-likeness (QED) is 0.768. The maximum Gasteiger partial charge on any atom is 0.364 e. The van der Waals surface area contributed by atoms with E-state index in [1.165, 1.54) is 0 Å². The standard InChI is InChI=1S/C15H15BrN2O3.Al.2H/c1-7-12(15(17)20)14(10-5-6-11(16)21-10)13-8(18-7)3-2-4-9(13)19;;;/h5-6,14H,2-4H2,1H3,(H3,17,18,19,20);;;/q;+1;;/p-1. The van der Waals surface area contributed by atoms with Crippen molar-refractivity contribution in [3.63, 3.8) is 0 Å². The highest BCUT2D eigenvalue weighted by molar-refractivity contribution is 9.10. The molecule has 1 aromatic heterocycles. The smallest absolute Gasteiger partial charge is 0.364 e. The molecule has 0 spiro atoms. The summed E-state index contributed by atoms with van der Waals surface area (Å²) in [6.07, 6.45) is 2.19. The molecule has 1 aliphatic carbocycles. The Balaban J connectivity index is 2.18. The monoisotopic (exact) mass is 378 g/mol. The van der Waals surface area contributed by atoms with Gasteiger partial charge in [-0.15, -0.1) is 0 Å². The molecule has 3 rings (SSSR count). The number of Topliss-reactive ketones (excluding diaryl/α,β-unsaturated/α-hetero) is 1. The van der Waals surface area contributed by atoms with Crippen LogP contribution in [0.25, 0.3) is 0 Å². The molecule has 114 valence electrons. The zero-order valence-electron chi connectivity index (χ0n) is 12.5. The number of ketones is 1. The van der Waals surface area contributed by atoms with Crippen LogP contribution < -0.4 is 9.62 Å². The number of nitrogens with one attached hydrogen (secondary N) is 2. The molecule has 2 N–H and O–H groups in total. The number of halogens is 1. The zero-order valence-corrected chi connectivity index (χ0v) is 16.0. The topological polar surface area (TPSA) is 71.3 Å². The van der Waals surface area contributed by atoms with Crippen molar-refractivity contribution in [2.75, 3.05) is 0 Å². The van der Waals surface area contributed by atoms with Crippen LogP contribution in [0.1, 0.15) is 37.9 Å². The molecule has 2 heterocycles. The largest absolute Gasteiger partial charge is 0.453 e. The average molecular weight is 379 g/mol. The predicted octanol–water partition coefficient (Wildman–Crippen LogP) is 1.67. The lowest BCUT2D eigenvalue weighted by atomic mass is 9.77. The maximum atomic E-state index is 12.5. The fraction of sp³-hybridized carbons (Fsp3) is 0.333. The second-order valence-corrected chi connectivity index (χ2v) is 6.77. The average Bonchev–Trinajstić information content (AvgIpc) is 2.91. The Hall–Kier alpha value is -1.29. The molecular formula is C15H16AlBrN2O3. The predicted molar refractivity (Wildman–Crippen MR) is 87.6 cm³/mol. The van der Waals surface area contributed by atoms with E-state index in [0.29, 0.717) is 44.5 Å². The summed E-state index contributed by atoms with van der Waals surface area (Å²) in [6, 6.07) is 3.61. The van der Waals surface area contributed by atoms with Crippen molar-refractivity contribution in [2.45, 2.75) is 32.1 Å². The third-order valence-corrected chi connectivity index (χ3v) is 5.01. The molecule has 0 radical (unpaired) electrons. The number of carbonyl (C=O) groups is 2. The molecule has 1 amide bonds. The highest BCUT2D eigenvalue weighted by Crippen LogP contribution is 2.42. The summed E-state index contributed by atoms with van der Waals surface area (Å²) in [7, 11) is 0. The van der Waals surface area contributed by atoms with Crippen LogP contribution in [0, 0.1) is 0 Å².